The van der Waals surface area contributed by atoms with Crippen LogP contribution in [-0.4, -0.2) is 38.0 Å². The molecule has 0 saturated carbocycles. The number of aromatic nitrogens is 4. The number of tetrazole rings is 1. The van der Waals surface area contributed by atoms with Gasteiger partial charge in [-0.25, -0.2) is 0 Å². The van der Waals surface area contributed by atoms with E-state index in [0.29, 0.717) is 25.2 Å². The Kier molecular flexibility index (Phi) is 3.12. The zero-order valence-electron chi connectivity index (χ0n) is 7.01. The van der Waals surface area contributed by atoms with Crippen LogP contribution in [0.1, 0.15) is 12.2 Å². The topological polar surface area (TPSA) is 89.8 Å². The quantitative estimate of drug-likeness (QED) is 0.573. The second kappa shape index (κ2) is 4.13. The predicted octanol–water partition coefficient (Wildman–Crippen LogP) is -1.54. The van der Waals surface area contributed by atoms with Crippen LogP contribution in [-0.2, 0) is 13.5 Å². The largest absolute Gasteiger partial charge is 0.393 e. The maximum atomic E-state index is 9.31. The summed E-state index contributed by atoms with van der Waals surface area (Å²) in [4.78, 5) is 1.37. The molecule has 0 aliphatic heterocycles. The first-order chi connectivity index (χ1) is 5.72. The summed E-state index contributed by atoms with van der Waals surface area (Å²) >= 11 is 0. The van der Waals surface area contributed by atoms with Crippen molar-refractivity contribution >= 4 is 0 Å². The Hall–Kier alpha value is -1.01. The van der Waals surface area contributed by atoms with Crippen molar-refractivity contribution in [1.82, 2.24) is 20.2 Å². The van der Waals surface area contributed by atoms with Gasteiger partial charge in [0.15, 0.2) is 5.82 Å². The van der Waals surface area contributed by atoms with E-state index < -0.39 is 6.10 Å². The number of aliphatic hydroxyl groups is 1. The van der Waals surface area contributed by atoms with Crippen LogP contribution < -0.4 is 5.73 Å². The third kappa shape index (κ3) is 2.55. The van der Waals surface area contributed by atoms with Crippen LogP contribution in [0.4, 0.5) is 0 Å². The molecule has 0 saturated heterocycles. The van der Waals surface area contributed by atoms with Crippen LogP contribution in [0.5, 0.6) is 0 Å². The molecule has 6 nitrogen and oxygen atoms in total. The van der Waals surface area contributed by atoms with Gasteiger partial charge in [-0.3, -0.25) is 0 Å². The number of hydrogen-bond acceptors (Lipinski definition) is 5. The molecule has 3 N–H and O–H groups in total. The standard InChI is InChI=1S/C6H13N5O/c1-11-9-6(8-10-11)4-5(12)2-3-7/h5,12H,2-4,7H2,1H3. The van der Waals surface area contributed by atoms with E-state index in [1.54, 1.807) is 7.05 Å². The second-order valence-corrected chi connectivity index (χ2v) is 2.63. The molecule has 1 unspecified atom stereocenters. The normalized spacial score (nSPS) is 13.2. The lowest BCUT2D eigenvalue weighted by Gasteiger charge is -2.03. The lowest BCUT2D eigenvalue weighted by atomic mass is 10.2. The summed E-state index contributed by atoms with van der Waals surface area (Å²) in [6.07, 6.45) is 0.530. The molecular weight excluding hydrogens is 158 g/mol. The predicted molar refractivity (Wildman–Crippen MR) is 42.2 cm³/mol. The average Bonchev–Trinajstić information content (AvgIpc) is 2.36. The van der Waals surface area contributed by atoms with Gasteiger partial charge in [0, 0.05) is 6.42 Å². The highest BCUT2D eigenvalue weighted by Gasteiger charge is 2.08. The van der Waals surface area contributed by atoms with Crippen LogP contribution in [0.15, 0.2) is 0 Å². The molecule has 12 heavy (non-hydrogen) atoms. The zero-order chi connectivity index (χ0) is 8.97. The summed E-state index contributed by atoms with van der Waals surface area (Å²) < 4.78 is 0. The van der Waals surface area contributed by atoms with Crippen LogP contribution in [0.3, 0.4) is 0 Å². The Morgan fingerprint density at radius 2 is 2.42 bits per heavy atom. The highest BCUT2D eigenvalue weighted by atomic mass is 16.3. The van der Waals surface area contributed by atoms with Crippen LogP contribution in [0, 0.1) is 0 Å². The van der Waals surface area contributed by atoms with Crippen molar-refractivity contribution in [2.45, 2.75) is 18.9 Å². The molecule has 0 fully saturated rings. The van der Waals surface area contributed by atoms with Crippen molar-refractivity contribution < 1.29 is 5.11 Å². The van der Waals surface area contributed by atoms with Crippen molar-refractivity contribution in [3.05, 3.63) is 5.82 Å². The van der Waals surface area contributed by atoms with E-state index in [9.17, 15) is 5.11 Å². The number of nitrogens with two attached hydrogens (primary N) is 1. The lowest BCUT2D eigenvalue weighted by molar-refractivity contribution is 0.165. The highest BCUT2D eigenvalue weighted by Crippen LogP contribution is 1.97. The van der Waals surface area contributed by atoms with Crippen molar-refractivity contribution in [2.75, 3.05) is 6.54 Å². The Balaban J connectivity index is 2.41. The number of aryl methyl sites for hydroxylation is 1. The number of rotatable bonds is 4. The van der Waals surface area contributed by atoms with Crippen LogP contribution in [0.2, 0.25) is 0 Å². The molecule has 0 aromatic carbocycles. The Bertz CT molecular complexity index is 236. The third-order valence-electron chi connectivity index (χ3n) is 1.47. The van der Waals surface area contributed by atoms with E-state index >= 15 is 0 Å². The van der Waals surface area contributed by atoms with Crippen LogP contribution in [0.25, 0.3) is 0 Å². The van der Waals surface area contributed by atoms with Gasteiger partial charge in [-0.2, -0.15) is 4.80 Å². The summed E-state index contributed by atoms with van der Waals surface area (Å²) in [7, 11) is 1.69. The maximum Gasteiger partial charge on any atom is 0.177 e. The zero-order valence-corrected chi connectivity index (χ0v) is 7.01. The van der Waals surface area contributed by atoms with Gasteiger partial charge in [0.25, 0.3) is 0 Å². The Labute approximate surface area is 70.4 Å². The number of hydrogen-bond donors (Lipinski definition) is 2. The summed E-state index contributed by atoms with van der Waals surface area (Å²) in [5, 5.41) is 20.6. The minimum atomic E-state index is -0.459. The van der Waals surface area contributed by atoms with Gasteiger partial charge in [-0.15, -0.1) is 10.2 Å². The fraction of sp³-hybridized carbons (Fsp3) is 0.833. The summed E-state index contributed by atoms with van der Waals surface area (Å²) in [6, 6.07) is 0. The molecule has 1 aromatic heterocycles. The number of nitrogens with zero attached hydrogens (tertiary/aromatic N) is 4. The van der Waals surface area contributed by atoms with Crippen molar-refractivity contribution in [1.29, 1.82) is 0 Å². The minimum Gasteiger partial charge on any atom is -0.393 e. The van der Waals surface area contributed by atoms with Crippen LogP contribution >= 0.6 is 0 Å². The fourth-order valence-corrected chi connectivity index (χ4v) is 0.910. The van der Waals surface area contributed by atoms with E-state index in [4.69, 9.17) is 5.73 Å². The lowest BCUT2D eigenvalue weighted by Crippen LogP contribution is -2.16. The van der Waals surface area contributed by atoms with Gasteiger partial charge < -0.3 is 10.8 Å². The summed E-state index contributed by atoms with van der Waals surface area (Å²) in [6.45, 7) is 0.474. The first-order valence-corrected chi connectivity index (χ1v) is 3.83. The van der Waals surface area contributed by atoms with Gasteiger partial charge in [-0.05, 0) is 18.2 Å². The molecule has 1 rings (SSSR count). The van der Waals surface area contributed by atoms with Gasteiger partial charge in [0.1, 0.15) is 0 Å². The molecule has 1 heterocycles. The molecule has 0 radical (unpaired) electrons. The second-order valence-electron chi connectivity index (χ2n) is 2.63. The fourth-order valence-electron chi connectivity index (χ4n) is 0.910. The van der Waals surface area contributed by atoms with Crippen molar-refractivity contribution in [3.8, 4) is 0 Å². The maximum absolute atomic E-state index is 9.31. The summed E-state index contributed by atoms with van der Waals surface area (Å²) in [5.74, 6) is 0.554. The van der Waals surface area contributed by atoms with E-state index in [0.717, 1.165) is 0 Å². The molecule has 68 valence electrons. The average molecular weight is 171 g/mol. The van der Waals surface area contributed by atoms with E-state index in [1.807, 2.05) is 0 Å². The molecule has 1 atom stereocenters. The van der Waals surface area contributed by atoms with E-state index in [-0.39, 0.29) is 0 Å². The van der Waals surface area contributed by atoms with Gasteiger partial charge in [-0.1, -0.05) is 0 Å². The Morgan fingerprint density at radius 1 is 1.67 bits per heavy atom. The Morgan fingerprint density at radius 3 is 2.92 bits per heavy atom. The first-order valence-electron chi connectivity index (χ1n) is 3.83. The summed E-state index contributed by atoms with van der Waals surface area (Å²) in [5.41, 5.74) is 5.27. The highest BCUT2D eigenvalue weighted by molar-refractivity contribution is 4.80. The molecular formula is C6H13N5O. The molecule has 0 aliphatic rings. The van der Waals surface area contributed by atoms with Gasteiger partial charge in [0.2, 0.25) is 0 Å². The monoisotopic (exact) mass is 171 g/mol. The molecule has 0 bridgehead atoms. The molecule has 0 spiro atoms. The molecule has 1 aromatic rings. The SMILES string of the molecule is Cn1nnc(CC(O)CCN)n1. The van der Waals surface area contributed by atoms with Crippen molar-refractivity contribution in [2.24, 2.45) is 12.8 Å². The number of aliphatic hydroxyl groups excluding tert-OH is 1. The van der Waals surface area contributed by atoms with E-state index in [1.165, 1.54) is 4.80 Å². The molecule has 0 aliphatic carbocycles. The first kappa shape index (κ1) is 9.08. The van der Waals surface area contributed by atoms with Crippen molar-refractivity contribution in [3.63, 3.8) is 0 Å². The smallest absolute Gasteiger partial charge is 0.177 e. The van der Waals surface area contributed by atoms with Gasteiger partial charge >= 0.3 is 0 Å². The molecule has 6 heteroatoms. The third-order valence-corrected chi connectivity index (χ3v) is 1.47. The minimum absolute atomic E-state index is 0.422. The molecule has 0 amide bonds. The van der Waals surface area contributed by atoms with Gasteiger partial charge in [0.05, 0.1) is 13.2 Å². The van der Waals surface area contributed by atoms with E-state index in [2.05, 4.69) is 15.4 Å².